The Morgan fingerprint density at radius 2 is 0.545 bits per heavy atom. The average Bonchev–Trinajstić information content (AvgIpc) is 1.07. The normalized spacial score (nSPS) is 14.0. The number of aliphatic hydroxyl groups excluding tert-OH is 1. The zero-order valence-corrected chi connectivity index (χ0v) is 65.9. The van der Waals surface area contributed by atoms with Gasteiger partial charge in [0.2, 0.25) is 0 Å². The van der Waals surface area contributed by atoms with Crippen LogP contribution in [0.1, 0.15) is 401 Å². The molecule has 0 aromatic carbocycles. The van der Waals surface area contributed by atoms with E-state index >= 15 is 0 Å². The lowest BCUT2D eigenvalue weighted by Crippen LogP contribution is -2.30. The molecular weight excluding hydrogens is 1290 g/mol. The lowest BCUT2D eigenvalue weighted by molar-refractivity contribution is -0.161. The molecule has 0 spiro atoms. The number of rotatable bonds is 78. The van der Waals surface area contributed by atoms with E-state index in [0.29, 0.717) is 25.7 Å². The van der Waals surface area contributed by atoms with Gasteiger partial charge in [0.05, 0.1) is 26.4 Å². The molecule has 2 unspecified atom stereocenters. The Morgan fingerprint density at radius 1 is 0.313 bits per heavy atom. The summed E-state index contributed by atoms with van der Waals surface area (Å²) >= 11 is 0. The molecule has 0 aromatic rings. The fourth-order valence-corrected chi connectivity index (χ4v) is 13.4. The molecule has 0 bridgehead atoms. The van der Waals surface area contributed by atoms with Gasteiger partial charge < -0.3 is 33.8 Å². The second-order valence-corrected chi connectivity index (χ2v) is 31.5. The lowest BCUT2D eigenvalue weighted by atomic mass is 10.0. The summed E-state index contributed by atoms with van der Waals surface area (Å²) in [6.07, 6.45) is 66.0. The van der Waals surface area contributed by atoms with Gasteiger partial charge in [-0.1, -0.05) is 348 Å². The second kappa shape index (κ2) is 72.5. The van der Waals surface area contributed by atoms with Gasteiger partial charge in [-0.15, -0.1) is 0 Å². The number of phosphoric ester groups is 2. The number of ether oxygens (including phenoxy) is 4. The number of hydrogen-bond acceptors (Lipinski definition) is 15. The molecule has 0 rings (SSSR count). The number of carbonyl (C=O) groups excluding carboxylic acids is 4. The van der Waals surface area contributed by atoms with Gasteiger partial charge in [0.15, 0.2) is 12.2 Å². The average molecular weight is 1450 g/mol. The summed E-state index contributed by atoms with van der Waals surface area (Å²) < 4.78 is 68.6. The molecule has 0 aliphatic rings. The third-order valence-corrected chi connectivity index (χ3v) is 20.1. The highest BCUT2D eigenvalue weighted by atomic mass is 31.2. The molecule has 19 heteroatoms. The van der Waals surface area contributed by atoms with Gasteiger partial charge in [-0.2, -0.15) is 0 Å². The minimum absolute atomic E-state index is 0.0854. The Bertz CT molecular complexity index is 1990. The van der Waals surface area contributed by atoms with Crippen molar-refractivity contribution in [3.05, 3.63) is 24.3 Å². The van der Waals surface area contributed by atoms with E-state index in [1.807, 2.05) is 0 Å². The van der Waals surface area contributed by atoms with Crippen LogP contribution in [-0.2, 0) is 65.4 Å². The van der Waals surface area contributed by atoms with Crippen molar-refractivity contribution >= 4 is 39.5 Å². The molecule has 99 heavy (non-hydrogen) atoms. The maximum Gasteiger partial charge on any atom is 0.472 e. The predicted molar refractivity (Wildman–Crippen MR) is 404 cm³/mol. The van der Waals surface area contributed by atoms with Crippen molar-refractivity contribution in [3.63, 3.8) is 0 Å². The molecule has 5 atom stereocenters. The summed E-state index contributed by atoms with van der Waals surface area (Å²) in [4.78, 5) is 72.9. The first-order valence-electron chi connectivity index (χ1n) is 41.0. The molecular formula is C80H152O17P2. The van der Waals surface area contributed by atoms with E-state index in [1.54, 1.807) is 0 Å². The highest BCUT2D eigenvalue weighted by Gasteiger charge is 2.30. The van der Waals surface area contributed by atoms with Crippen molar-refractivity contribution in [2.45, 2.75) is 419 Å². The number of allylic oxidation sites excluding steroid dienone is 4. The van der Waals surface area contributed by atoms with Crippen LogP contribution in [0.15, 0.2) is 24.3 Å². The summed E-state index contributed by atoms with van der Waals surface area (Å²) in [5.74, 6) is -1.34. The van der Waals surface area contributed by atoms with Crippen molar-refractivity contribution < 1.29 is 80.2 Å². The van der Waals surface area contributed by atoms with Gasteiger partial charge in [0.1, 0.15) is 19.3 Å². The molecule has 0 fully saturated rings. The summed E-state index contributed by atoms with van der Waals surface area (Å²) in [5.41, 5.74) is 0. The van der Waals surface area contributed by atoms with E-state index in [0.717, 1.165) is 109 Å². The van der Waals surface area contributed by atoms with E-state index in [4.69, 9.17) is 37.0 Å². The SMILES string of the molecule is CCCCCC/C=C\C=C/CCCCCCCC(=O)O[C@H](COC(=O)CCCCCCCCCCC)COP(=O)(O)OC[C@H](O)COP(=O)(O)OC[C@@H](COC(=O)CCCCCCCCCCCCCCCCCCC)OC(=O)CCCCCCCCCCCCCCCCCC(C)C. The van der Waals surface area contributed by atoms with E-state index in [9.17, 15) is 43.2 Å². The number of aliphatic hydroxyl groups is 1. The van der Waals surface area contributed by atoms with Gasteiger partial charge in [-0.05, 0) is 57.3 Å². The molecule has 0 heterocycles. The summed E-state index contributed by atoms with van der Waals surface area (Å²) in [5, 5.41) is 10.6. The monoisotopic (exact) mass is 1450 g/mol. The number of unbranched alkanes of at least 4 members (excludes halogenated alkanes) is 47. The predicted octanol–water partition coefficient (Wildman–Crippen LogP) is 23.6. The smallest absolute Gasteiger partial charge is 0.462 e. The molecule has 0 aliphatic carbocycles. The fourth-order valence-electron chi connectivity index (χ4n) is 11.9. The van der Waals surface area contributed by atoms with E-state index < -0.39 is 97.5 Å². The van der Waals surface area contributed by atoms with E-state index in [-0.39, 0.29) is 25.7 Å². The Labute approximate surface area is 605 Å². The van der Waals surface area contributed by atoms with Crippen LogP contribution in [0.25, 0.3) is 0 Å². The maximum absolute atomic E-state index is 13.1. The molecule has 0 aromatic heterocycles. The van der Waals surface area contributed by atoms with E-state index in [2.05, 4.69) is 58.9 Å². The largest absolute Gasteiger partial charge is 0.472 e. The van der Waals surface area contributed by atoms with Crippen molar-refractivity contribution in [1.29, 1.82) is 0 Å². The highest BCUT2D eigenvalue weighted by Crippen LogP contribution is 2.45. The number of esters is 4. The first-order chi connectivity index (χ1) is 48.0. The third kappa shape index (κ3) is 73.6. The summed E-state index contributed by atoms with van der Waals surface area (Å²) in [7, 11) is -9.93. The zero-order chi connectivity index (χ0) is 72.7. The van der Waals surface area contributed by atoms with Crippen molar-refractivity contribution in [2.75, 3.05) is 39.6 Å². The first kappa shape index (κ1) is 96.5. The molecule has 584 valence electrons. The second-order valence-electron chi connectivity index (χ2n) is 28.6. The number of carbonyl (C=O) groups is 4. The van der Waals surface area contributed by atoms with Gasteiger partial charge in [-0.25, -0.2) is 9.13 Å². The first-order valence-corrected chi connectivity index (χ1v) is 43.9. The Balaban J connectivity index is 5.26. The Kier molecular flexibility index (Phi) is 70.7. The molecule has 0 aliphatic heterocycles. The van der Waals surface area contributed by atoms with Crippen LogP contribution in [0.2, 0.25) is 0 Å². The standard InChI is InChI=1S/C80H152O17P2/c1-6-9-12-15-18-21-23-25-27-28-32-35-39-44-49-54-59-64-78(83)91-70-76(97-80(85)66-61-56-51-46-41-37-33-29-31-34-38-43-47-52-57-62-73(4)5)72-95-99(88,89)93-68-74(81)67-92-98(86,87)94-71-75(69-90-77(82)63-58-53-48-42-20-17-14-11-8-3)96-79(84)65-60-55-50-45-40-36-30-26-24-22-19-16-13-10-7-2/h22,24,26,30,73-76,81H,6-21,23,25,27-29,31-72H2,1-5H3,(H,86,87)(H,88,89)/b24-22-,30-26-/t74-,75+,76+/m0/s1. The van der Waals surface area contributed by atoms with Crippen LogP contribution in [0.5, 0.6) is 0 Å². The topological polar surface area (TPSA) is 237 Å². The van der Waals surface area contributed by atoms with Crippen LogP contribution in [0.4, 0.5) is 0 Å². The van der Waals surface area contributed by atoms with Gasteiger partial charge in [0.25, 0.3) is 0 Å². The van der Waals surface area contributed by atoms with Crippen LogP contribution in [0.3, 0.4) is 0 Å². The quantitative estimate of drug-likeness (QED) is 0.0169. The Hall–Kier alpha value is -2.46. The molecule has 3 N–H and O–H groups in total. The van der Waals surface area contributed by atoms with Gasteiger partial charge >= 0.3 is 39.5 Å². The highest BCUT2D eigenvalue weighted by molar-refractivity contribution is 7.47. The van der Waals surface area contributed by atoms with Gasteiger partial charge in [-0.3, -0.25) is 37.3 Å². The third-order valence-electron chi connectivity index (χ3n) is 18.2. The summed E-state index contributed by atoms with van der Waals surface area (Å²) in [6.45, 7) is 7.27. The molecule has 0 radical (unpaired) electrons. The van der Waals surface area contributed by atoms with Crippen LogP contribution in [0, 0.1) is 5.92 Å². The molecule has 17 nitrogen and oxygen atoms in total. The fraction of sp³-hybridized carbons (Fsp3) is 0.900. The van der Waals surface area contributed by atoms with E-state index in [1.165, 1.54) is 212 Å². The van der Waals surface area contributed by atoms with Crippen molar-refractivity contribution in [3.8, 4) is 0 Å². The molecule has 0 amide bonds. The Morgan fingerprint density at radius 3 is 0.828 bits per heavy atom. The van der Waals surface area contributed by atoms with Crippen molar-refractivity contribution in [1.82, 2.24) is 0 Å². The maximum atomic E-state index is 13.1. The number of phosphoric acid groups is 2. The number of hydrogen-bond donors (Lipinski definition) is 3. The van der Waals surface area contributed by atoms with Crippen LogP contribution >= 0.6 is 15.6 Å². The summed E-state index contributed by atoms with van der Waals surface area (Å²) in [6, 6.07) is 0. The molecule has 0 saturated carbocycles. The molecule has 0 saturated heterocycles. The van der Waals surface area contributed by atoms with Crippen molar-refractivity contribution in [2.24, 2.45) is 5.92 Å². The van der Waals surface area contributed by atoms with Crippen LogP contribution < -0.4 is 0 Å². The van der Waals surface area contributed by atoms with Gasteiger partial charge in [0, 0.05) is 25.7 Å². The zero-order valence-electron chi connectivity index (χ0n) is 64.1. The minimum atomic E-state index is -4.96. The lowest BCUT2D eigenvalue weighted by Gasteiger charge is -2.21. The van der Waals surface area contributed by atoms with Crippen LogP contribution in [-0.4, -0.2) is 96.7 Å². The minimum Gasteiger partial charge on any atom is -0.462 e.